The minimum atomic E-state index is 0.510. The smallest absolute Gasteiger partial charge is 0.117 e. The third kappa shape index (κ3) is 2.86. The van der Waals surface area contributed by atoms with Crippen molar-refractivity contribution < 1.29 is 0 Å². The van der Waals surface area contributed by atoms with Crippen LogP contribution in [0.25, 0.3) is 16.9 Å². The van der Waals surface area contributed by atoms with Crippen molar-refractivity contribution in [2.24, 2.45) is 0 Å². The molecular weight excluding hydrogens is 329 g/mol. The lowest BCUT2D eigenvalue weighted by atomic mass is 10.1. The van der Waals surface area contributed by atoms with E-state index in [0.29, 0.717) is 26.4 Å². The Kier molecular flexibility index (Phi) is 3.81. The molecule has 0 amide bonds. The Morgan fingerprint density at radius 2 is 1.57 bits per heavy atom. The summed E-state index contributed by atoms with van der Waals surface area (Å²) in [6.07, 6.45) is 1.74. The molecule has 1 heterocycles. The highest BCUT2D eigenvalue weighted by Gasteiger charge is 2.13. The predicted octanol–water partition coefficient (Wildman–Crippen LogP) is 5.08. The van der Waals surface area contributed by atoms with Crippen LogP contribution in [0, 0.1) is 0 Å². The third-order valence-corrected chi connectivity index (χ3v) is 3.82. The highest BCUT2D eigenvalue weighted by Crippen LogP contribution is 2.33. The molecule has 106 valence electrons. The van der Waals surface area contributed by atoms with E-state index in [2.05, 4.69) is 5.10 Å². The van der Waals surface area contributed by atoms with Crippen LogP contribution in [0.1, 0.15) is 0 Å². The molecule has 0 radical (unpaired) electrons. The SMILES string of the molecule is Nc1cn(-c2ccc(Cl)cc2)nc1-c1ccc(Cl)cc1Cl. The summed E-state index contributed by atoms with van der Waals surface area (Å²) >= 11 is 18.0. The molecule has 1 aromatic heterocycles. The standard InChI is InChI=1S/C15H10Cl3N3/c16-9-1-4-11(5-2-9)21-8-14(19)15(20-21)12-6-3-10(17)7-13(12)18/h1-8H,19H2. The van der Waals surface area contributed by atoms with Crippen molar-refractivity contribution in [2.45, 2.75) is 0 Å². The summed E-state index contributed by atoms with van der Waals surface area (Å²) in [6.45, 7) is 0. The average Bonchev–Trinajstić information content (AvgIpc) is 2.81. The fourth-order valence-electron chi connectivity index (χ4n) is 2.00. The van der Waals surface area contributed by atoms with Crippen LogP contribution in [0.5, 0.6) is 0 Å². The molecule has 0 spiro atoms. The van der Waals surface area contributed by atoms with E-state index in [9.17, 15) is 0 Å². The van der Waals surface area contributed by atoms with E-state index in [-0.39, 0.29) is 0 Å². The lowest BCUT2D eigenvalue weighted by Gasteiger charge is -2.03. The number of hydrogen-bond donors (Lipinski definition) is 1. The Bertz CT molecular complexity index is 794. The Balaban J connectivity index is 2.07. The summed E-state index contributed by atoms with van der Waals surface area (Å²) < 4.78 is 1.69. The third-order valence-electron chi connectivity index (χ3n) is 3.02. The maximum atomic E-state index is 6.21. The first-order chi connectivity index (χ1) is 10.0. The predicted molar refractivity (Wildman–Crippen MR) is 88.4 cm³/mol. The molecule has 2 N–H and O–H groups in total. The first kappa shape index (κ1) is 14.3. The molecule has 2 aromatic carbocycles. The van der Waals surface area contributed by atoms with Crippen molar-refractivity contribution in [3.8, 4) is 16.9 Å². The zero-order valence-corrected chi connectivity index (χ0v) is 13.0. The molecule has 3 nitrogen and oxygen atoms in total. The Hall–Kier alpha value is -1.68. The van der Waals surface area contributed by atoms with Crippen LogP contribution in [-0.2, 0) is 0 Å². The lowest BCUT2D eigenvalue weighted by Crippen LogP contribution is -1.94. The molecule has 0 aliphatic rings. The van der Waals surface area contributed by atoms with Gasteiger partial charge < -0.3 is 5.73 Å². The zero-order chi connectivity index (χ0) is 15.0. The monoisotopic (exact) mass is 337 g/mol. The van der Waals surface area contributed by atoms with Gasteiger partial charge in [-0.2, -0.15) is 5.10 Å². The molecule has 0 saturated heterocycles. The zero-order valence-electron chi connectivity index (χ0n) is 10.7. The summed E-state index contributed by atoms with van der Waals surface area (Å²) in [6, 6.07) is 12.5. The highest BCUT2D eigenvalue weighted by molar-refractivity contribution is 6.36. The minimum absolute atomic E-state index is 0.510. The van der Waals surface area contributed by atoms with Gasteiger partial charge in [-0.1, -0.05) is 34.8 Å². The summed E-state index contributed by atoms with van der Waals surface area (Å²) in [5, 5.41) is 6.24. The summed E-state index contributed by atoms with van der Waals surface area (Å²) in [5.74, 6) is 0. The number of nitrogens with zero attached hydrogens (tertiary/aromatic N) is 2. The molecule has 0 atom stereocenters. The Morgan fingerprint density at radius 1 is 0.905 bits per heavy atom. The van der Waals surface area contributed by atoms with Gasteiger partial charge in [-0.15, -0.1) is 0 Å². The van der Waals surface area contributed by atoms with Gasteiger partial charge in [-0.05, 0) is 42.5 Å². The molecule has 0 unspecified atom stereocenters. The second-order valence-corrected chi connectivity index (χ2v) is 5.76. The first-order valence-electron chi connectivity index (χ1n) is 6.11. The summed E-state index contributed by atoms with van der Waals surface area (Å²) in [5.41, 5.74) is 8.81. The molecule has 0 aliphatic heterocycles. The van der Waals surface area contributed by atoms with Crippen LogP contribution in [0.3, 0.4) is 0 Å². The molecule has 0 aliphatic carbocycles. The first-order valence-corrected chi connectivity index (χ1v) is 7.24. The Morgan fingerprint density at radius 3 is 2.24 bits per heavy atom. The van der Waals surface area contributed by atoms with Gasteiger partial charge in [0.2, 0.25) is 0 Å². The van der Waals surface area contributed by atoms with Crippen LogP contribution in [0.2, 0.25) is 15.1 Å². The second-order valence-electron chi connectivity index (χ2n) is 4.48. The maximum absolute atomic E-state index is 6.21. The average molecular weight is 339 g/mol. The van der Waals surface area contributed by atoms with Crippen molar-refractivity contribution in [1.82, 2.24) is 9.78 Å². The quantitative estimate of drug-likeness (QED) is 0.708. The number of hydrogen-bond acceptors (Lipinski definition) is 2. The number of nitrogen functional groups attached to an aromatic ring is 1. The van der Waals surface area contributed by atoms with Gasteiger partial charge in [-0.25, -0.2) is 4.68 Å². The van der Waals surface area contributed by atoms with Crippen LogP contribution >= 0.6 is 34.8 Å². The molecule has 0 saturated carbocycles. The van der Waals surface area contributed by atoms with Crippen molar-refractivity contribution >= 4 is 40.5 Å². The van der Waals surface area contributed by atoms with Gasteiger partial charge in [0.25, 0.3) is 0 Å². The molecule has 21 heavy (non-hydrogen) atoms. The lowest BCUT2D eigenvalue weighted by molar-refractivity contribution is 0.884. The van der Waals surface area contributed by atoms with Crippen LogP contribution in [0.15, 0.2) is 48.7 Å². The summed E-state index contributed by atoms with van der Waals surface area (Å²) in [7, 11) is 0. The molecule has 6 heteroatoms. The van der Waals surface area contributed by atoms with Crippen molar-refractivity contribution in [3.05, 3.63) is 63.7 Å². The summed E-state index contributed by atoms with van der Waals surface area (Å²) in [4.78, 5) is 0. The van der Waals surface area contributed by atoms with Crippen molar-refractivity contribution in [3.63, 3.8) is 0 Å². The molecule has 0 fully saturated rings. The van der Waals surface area contributed by atoms with Crippen LogP contribution in [0.4, 0.5) is 5.69 Å². The van der Waals surface area contributed by atoms with Gasteiger partial charge in [0.15, 0.2) is 0 Å². The number of halogens is 3. The van der Waals surface area contributed by atoms with Crippen molar-refractivity contribution in [2.75, 3.05) is 5.73 Å². The van der Waals surface area contributed by atoms with E-state index in [1.807, 2.05) is 12.1 Å². The maximum Gasteiger partial charge on any atom is 0.117 e. The van der Waals surface area contributed by atoms with E-state index in [1.54, 1.807) is 41.2 Å². The number of anilines is 1. The Labute approximate surface area is 136 Å². The largest absolute Gasteiger partial charge is 0.396 e. The van der Waals surface area contributed by atoms with Crippen LogP contribution < -0.4 is 5.73 Å². The highest BCUT2D eigenvalue weighted by atomic mass is 35.5. The van der Waals surface area contributed by atoms with Gasteiger partial charge in [0.05, 0.1) is 22.6 Å². The van der Waals surface area contributed by atoms with E-state index < -0.39 is 0 Å². The van der Waals surface area contributed by atoms with E-state index in [4.69, 9.17) is 40.5 Å². The normalized spacial score (nSPS) is 10.8. The minimum Gasteiger partial charge on any atom is -0.396 e. The van der Waals surface area contributed by atoms with E-state index >= 15 is 0 Å². The molecule has 0 bridgehead atoms. The molecule has 3 aromatic rings. The van der Waals surface area contributed by atoms with Gasteiger partial charge in [-0.3, -0.25) is 0 Å². The fourth-order valence-corrected chi connectivity index (χ4v) is 2.63. The number of aromatic nitrogens is 2. The van der Waals surface area contributed by atoms with Gasteiger partial charge in [0, 0.05) is 15.6 Å². The van der Waals surface area contributed by atoms with E-state index in [0.717, 1.165) is 11.3 Å². The fraction of sp³-hybridized carbons (Fsp3) is 0. The van der Waals surface area contributed by atoms with Gasteiger partial charge >= 0.3 is 0 Å². The van der Waals surface area contributed by atoms with Crippen molar-refractivity contribution in [1.29, 1.82) is 0 Å². The topological polar surface area (TPSA) is 43.8 Å². The number of nitrogens with two attached hydrogens (primary N) is 1. The number of benzene rings is 2. The van der Waals surface area contributed by atoms with E-state index in [1.165, 1.54) is 0 Å². The van der Waals surface area contributed by atoms with Crippen LogP contribution in [-0.4, -0.2) is 9.78 Å². The second kappa shape index (κ2) is 5.60. The molecular formula is C15H10Cl3N3. The number of rotatable bonds is 2. The van der Waals surface area contributed by atoms with Gasteiger partial charge in [0.1, 0.15) is 5.69 Å². The molecule has 3 rings (SSSR count).